The van der Waals surface area contributed by atoms with E-state index in [1.165, 1.54) is 5.56 Å². The van der Waals surface area contributed by atoms with Gasteiger partial charge in [-0.3, -0.25) is 0 Å². The maximum absolute atomic E-state index is 5.81. The molecule has 3 rings (SSSR count). The topological polar surface area (TPSA) is 76.4 Å². The molecule has 1 aromatic heterocycles. The smallest absolute Gasteiger partial charge is 0.191 e. The summed E-state index contributed by atoms with van der Waals surface area (Å²) in [5.74, 6) is 1.81. The summed E-state index contributed by atoms with van der Waals surface area (Å²) in [5.41, 5.74) is 3.51. The van der Waals surface area contributed by atoms with Crippen LogP contribution in [-0.4, -0.2) is 33.8 Å². The highest BCUT2D eigenvalue weighted by atomic mass is 16.5. The molecule has 0 fully saturated rings. The van der Waals surface area contributed by atoms with Crippen LogP contribution in [0.4, 0.5) is 0 Å². The van der Waals surface area contributed by atoms with Gasteiger partial charge in [0, 0.05) is 26.1 Å². The number of hydrogen-bond acceptors (Lipinski definition) is 4. The number of rotatable bonds is 11. The van der Waals surface area contributed by atoms with Crippen LogP contribution in [-0.2, 0) is 37.5 Å². The lowest BCUT2D eigenvalue weighted by atomic mass is 10.1. The molecule has 0 aliphatic carbocycles. The Hall–Kier alpha value is -3.19. The molecule has 0 unspecified atom stereocenters. The van der Waals surface area contributed by atoms with Crippen molar-refractivity contribution in [2.45, 2.75) is 46.6 Å². The van der Waals surface area contributed by atoms with Gasteiger partial charge in [-0.15, -0.1) is 10.2 Å². The Morgan fingerprint density at radius 3 is 2.35 bits per heavy atom. The molecule has 0 aliphatic heterocycles. The normalized spacial score (nSPS) is 11.5. The summed E-state index contributed by atoms with van der Waals surface area (Å²) in [6.45, 7) is 8.37. The fourth-order valence-electron chi connectivity index (χ4n) is 3.15. The third-order valence-corrected chi connectivity index (χ3v) is 4.82. The molecule has 31 heavy (non-hydrogen) atoms. The summed E-state index contributed by atoms with van der Waals surface area (Å²) in [6, 6.07) is 18.7. The average molecular weight is 421 g/mol. The monoisotopic (exact) mass is 420 g/mol. The number of aliphatic imine (C=N–C) groups is 1. The van der Waals surface area contributed by atoms with Gasteiger partial charge in [-0.05, 0) is 23.6 Å². The highest BCUT2D eigenvalue weighted by molar-refractivity contribution is 5.79. The van der Waals surface area contributed by atoms with Crippen LogP contribution in [0.5, 0.6) is 0 Å². The van der Waals surface area contributed by atoms with E-state index in [1.54, 1.807) is 6.33 Å². The summed E-state index contributed by atoms with van der Waals surface area (Å²) >= 11 is 0. The van der Waals surface area contributed by atoms with E-state index in [4.69, 9.17) is 9.73 Å². The van der Waals surface area contributed by atoms with Crippen molar-refractivity contribution >= 4 is 5.96 Å². The zero-order chi connectivity index (χ0) is 21.7. The van der Waals surface area contributed by atoms with E-state index in [0.29, 0.717) is 19.8 Å². The Labute approximate surface area is 184 Å². The van der Waals surface area contributed by atoms with Gasteiger partial charge >= 0.3 is 0 Å². The number of benzene rings is 2. The van der Waals surface area contributed by atoms with Crippen LogP contribution in [0.2, 0.25) is 0 Å². The summed E-state index contributed by atoms with van der Waals surface area (Å²) in [4.78, 5) is 4.70. The minimum absolute atomic E-state index is 0.603. The molecule has 0 bridgehead atoms. The third-order valence-electron chi connectivity index (χ3n) is 4.82. The summed E-state index contributed by atoms with van der Waals surface area (Å²) in [6.07, 6.45) is 2.65. The standard InChI is InChI=1S/C24H32N6O/c1-3-23-29-28-19-30(23)15-14-26-24(25-4-2)27-16-20-10-12-22(13-11-20)18-31-17-21-8-6-5-7-9-21/h5-13,19H,3-4,14-18H2,1-2H3,(H2,25,26,27). The van der Waals surface area contributed by atoms with Gasteiger partial charge in [0.2, 0.25) is 0 Å². The van der Waals surface area contributed by atoms with E-state index in [-0.39, 0.29) is 0 Å². The summed E-state index contributed by atoms with van der Waals surface area (Å²) < 4.78 is 7.87. The van der Waals surface area contributed by atoms with Crippen LogP contribution in [0.15, 0.2) is 65.9 Å². The van der Waals surface area contributed by atoms with Gasteiger partial charge in [-0.2, -0.15) is 0 Å². The zero-order valence-electron chi connectivity index (χ0n) is 18.4. The van der Waals surface area contributed by atoms with Crippen molar-refractivity contribution in [3.05, 3.63) is 83.4 Å². The lowest BCUT2D eigenvalue weighted by Gasteiger charge is -2.12. The van der Waals surface area contributed by atoms with Gasteiger partial charge < -0.3 is 19.9 Å². The van der Waals surface area contributed by atoms with Crippen LogP contribution < -0.4 is 10.6 Å². The van der Waals surface area contributed by atoms with Gasteiger partial charge in [0.15, 0.2) is 5.96 Å². The molecule has 0 radical (unpaired) electrons. The number of nitrogens with zero attached hydrogens (tertiary/aromatic N) is 4. The molecule has 164 valence electrons. The number of nitrogens with one attached hydrogen (secondary N) is 2. The Morgan fingerprint density at radius 2 is 1.65 bits per heavy atom. The van der Waals surface area contributed by atoms with E-state index in [9.17, 15) is 0 Å². The van der Waals surface area contributed by atoms with Crippen molar-refractivity contribution in [2.75, 3.05) is 13.1 Å². The number of guanidine groups is 1. The molecular weight excluding hydrogens is 388 g/mol. The maximum atomic E-state index is 5.81. The fourth-order valence-corrected chi connectivity index (χ4v) is 3.15. The fraction of sp³-hybridized carbons (Fsp3) is 0.375. The first-order valence-corrected chi connectivity index (χ1v) is 10.9. The molecule has 7 nitrogen and oxygen atoms in total. The second-order valence-corrected chi connectivity index (χ2v) is 7.21. The lowest BCUT2D eigenvalue weighted by Crippen LogP contribution is -2.38. The zero-order valence-corrected chi connectivity index (χ0v) is 18.4. The molecule has 3 aromatic rings. The highest BCUT2D eigenvalue weighted by Gasteiger charge is 2.03. The molecular formula is C24H32N6O. The number of aromatic nitrogens is 3. The SMILES string of the molecule is CCNC(=NCc1ccc(COCc2ccccc2)cc1)NCCn1cnnc1CC. The van der Waals surface area contributed by atoms with Crippen LogP contribution in [0.1, 0.15) is 36.4 Å². The lowest BCUT2D eigenvalue weighted by molar-refractivity contribution is 0.107. The van der Waals surface area contributed by atoms with E-state index in [0.717, 1.165) is 49.0 Å². The van der Waals surface area contributed by atoms with Crippen LogP contribution in [0.3, 0.4) is 0 Å². The van der Waals surface area contributed by atoms with Crippen molar-refractivity contribution < 1.29 is 4.74 Å². The molecule has 0 amide bonds. The van der Waals surface area contributed by atoms with Gasteiger partial charge in [0.1, 0.15) is 12.2 Å². The summed E-state index contributed by atoms with van der Waals surface area (Å²) in [7, 11) is 0. The highest BCUT2D eigenvalue weighted by Crippen LogP contribution is 2.09. The van der Waals surface area contributed by atoms with Gasteiger partial charge in [-0.25, -0.2) is 4.99 Å². The minimum atomic E-state index is 0.603. The number of ether oxygens (including phenoxy) is 1. The van der Waals surface area contributed by atoms with Gasteiger partial charge in [0.25, 0.3) is 0 Å². The Bertz CT molecular complexity index is 921. The number of hydrogen-bond donors (Lipinski definition) is 2. The molecule has 7 heteroatoms. The first-order chi connectivity index (χ1) is 15.3. The molecule has 0 atom stereocenters. The van der Waals surface area contributed by atoms with Crippen molar-refractivity contribution in [3.63, 3.8) is 0 Å². The molecule has 0 saturated heterocycles. The Kier molecular flexibility index (Phi) is 9.07. The quantitative estimate of drug-likeness (QED) is 0.368. The van der Waals surface area contributed by atoms with Crippen molar-refractivity contribution in [3.8, 4) is 0 Å². The van der Waals surface area contributed by atoms with Gasteiger partial charge in [0.05, 0.1) is 19.8 Å². The predicted molar refractivity (Wildman–Crippen MR) is 124 cm³/mol. The van der Waals surface area contributed by atoms with Crippen molar-refractivity contribution in [1.82, 2.24) is 25.4 Å². The Balaban J connectivity index is 1.45. The third kappa shape index (κ3) is 7.53. The molecule has 0 saturated carbocycles. The molecule has 1 heterocycles. The molecule has 2 aromatic carbocycles. The predicted octanol–water partition coefficient (Wildman–Crippen LogP) is 3.31. The van der Waals surface area contributed by atoms with Gasteiger partial charge in [-0.1, -0.05) is 61.5 Å². The van der Waals surface area contributed by atoms with Crippen molar-refractivity contribution in [1.29, 1.82) is 0 Å². The van der Waals surface area contributed by atoms with E-state index in [1.807, 2.05) is 18.2 Å². The average Bonchev–Trinajstić information content (AvgIpc) is 3.26. The molecule has 2 N–H and O–H groups in total. The van der Waals surface area contributed by atoms with E-state index >= 15 is 0 Å². The first kappa shape index (κ1) is 22.5. The number of aryl methyl sites for hydroxylation is 1. The largest absolute Gasteiger partial charge is 0.372 e. The summed E-state index contributed by atoms with van der Waals surface area (Å²) in [5, 5.41) is 14.8. The van der Waals surface area contributed by atoms with E-state index < -0.39 is 0 Å². The van der Waals surface area contributed by atoms with Crippen LogP contribution in [0.25, 0.3) is 0 Å². The van der Waals surface area contributed by atoms with E-state index in [2.05, 4.69) is 75.6 Å². The maximum Gasteiger partial charge on any atom is 0.191 e. The second-order valence-electron chi connectivity index (χ2n) is 7.21. The Morgan fingerprint density at radius 1 is 0.935 bits per heavy atom. The minimum Gasteiger partial charge on any atom is -0.372 e. The van der Waals surface area contributed by atoms with Crippen LogP contribution in [0, 0.1) is 0 Å². The first-order valence-electron chi connectivity index (χ1n) is 10.9. The molecule has 0 spiro atoms. The molecule has 0 aliphatic rings. The second kappa shape index (κ2) is 12.5. The van der Waals surface area contributed by atoms with Crippen molar-refractivity contribution in [2.24, 2.45) is 4.99 Å². The van der Waals surface area contributed by atoms with Crippen LogP contribution >= 0.6 is 0 Å².